The van der Waals surface area contributed by atoms with E-state index in [2.05, 4.69) is 4.40 Å². The van der Waals surface area contributed by atoms with Crippen molar-refractivity contribution >= 4 is 21.8 Å². The van der Waals surface area contributed by atoms with Gasteiger partial charge < -0.3 is 14.4 Å². The summed E-state index contributed by atoms with van der Waals surface area (Å²) in [5, 5.41) is 0. The summed E-state index contributed by atoms with van der Waals surface area (Å²) in [5.41, 5.74) is 0.858. The number of likely N-dealkylation sites (tertiary alicyclic amines) is 1. The van der Waals surface area contributed by atoms with Gasteiger partial charge in [-0.25, -0.2) is 4.31 Å². The summed E-state index contributed by atoms with van der Waals surface area (Å²) in [7, 11) is -2.62. The minimum Gasteiger partial charge on any atom is -0.454 e. The standard InChI is InChI=1S/C16H17N3O5S/c1-18-13(16(20)19-6-2-3-7-19)9-12(17-25(18,21)22)11-4-5-14-15(8-11)24-10-23-14/h4-5,8-9H,2-3,6-7,10H2,1H3. The number of likely N-dealkylation sites (N-methyl/N-ethyl adjacent to an activating group) is 1. The first kappa shape index (κ1) is 15.9. The molecule has 0 bridgehead atoms. The molecule has 8 nitrogen and oxygen atoms in total. The Morgan fingerprint density at radius 3 is 2.64 bits per heavy atom. The molecule has 0 aromatic heterocycles. The summed E-state index contributed by atoms with van der Waals surface area (Å²) in [6.07, 6.45) is 3.37. The molecule has 25 heavy (non-hydrogen) atoms. The molecule has 1 aromatic carbocycles. The Morgan fingerprint density at radius 2 is 1.88 bits per heavy atom. The second kappa shape index (κ2) is 5.76. The molecule has 0 radical (unpaired) electrons. The first-order valence-corrected chi connectivity index (χ1v) is 9.35. The van der Waals surface area contributed by atoms with Gasteiger partial charge in [-0.3, -0.25) is 4.79 Å². The molecule has 4 rings (SSSR count). The lowest BCUT2D eigenvalue weighted by molar-refractivity contribution is -0.127. The van der Waals surface area contributed by atoms with Gasteiger partial charge in [-0.1, -0.05) is 0 Å². The molecule has 132 valence electrons. The quantitative estimate of drug-likeness (QED) is 0.779. The Bertz CT molecular complexity index is 900. The van der Waals surface area contributed by atoms with Crippen LogP contribution in [0.15, 0.2) is 34.4 Å². The van der Waals surface area contributed by atoms with Crippen molar-refractivity contribution in [1.82, 2.24) is 9.21 Å². The first-order chi connectivity index (χ1) is 12.0. The molecule has 0 aliphatic carbocycles. The highest BCUT2D eigenvalue weighted by atomic mass is 32.2. The fourth-order valence-corrected chi connectivity index (χ4v) is 3.94. The molecule has 1 amide bonds. The monoisotopic (exact) mass is 363 g/mol. The Morgan fingerprint density at radius 1 is 1.16 bits per heavy atom. The number of ether oxygens (including phenoxy) is 2. The largest absolute Gasteiger partial charge is 0.454 e. The summed E-state index contributed by atoms with van der Waals surface area (Å²) in [6, 6.07) is 5.05. The number of rotatable bonds is 2. The van der Waals surface area contributed by atoms with E-state index in [1.807, 2.05) is 0 Å². The lowest BCUT2D eigenvalue weighted by atomic mass is 10.1. The molecule has 0 atom stereocenters. The van der Waals surface area contributed by atoms with E-state index >= 15 is 0 Å². The van der Waals surface area contributed by atoms with Crippen molar-refractivity contribution in [1.29, 1.82) is 0 Å². The number of hydrogen-bond acceptors (Lipinski definition) is 5. The number of carbonyl (C=O) groups is 1. The van der Waals surface area contributed by atoms with Gasteiger partial charge in [-0.2, -0.15) is 8.42 Å². The zero-order chi connectivity index (χ0) is 17.6. The maximum absolute atomic E-state index is 12.7. The number of allylic oxidation sites excluding steroid dienone is 1. The average molecular weight is 363 g/mol. The molecule has 3 aliphatic rings. The minimum absolute atomic E-state index is 0.101. The van der Waals surface area contributed by atoms with Crippen molar-refractivity contribution in [3.05, 3.63) is 35.5 Å². The highest BCUT2D eigenvalue weighted by Crippen LogP contribution is 2.33. The fourth-order valence-electron chi connectivity index (χ4n) is 3.03. The second-order valence-electron chi connectivity index (χ2n) is 6.02. The van der Waals surface area contributed by atoms with Crippen LogP contribution in [0.3, 0.4) is 0 Å². The lowest BCUT2D eigenvalue weighted by Gasteiger charge is -2.26. The maximum Gasteiger partial charge on any atom is 0.345 e. The number of carbonyl (C=O) groups excluding carboxylic acids is 1. The molecule has 0 saturated carbocycles. The summed E-state index contributed by atoms with van der Waals surface area (Å²) in [5.74, 6) is 0.826. The number of fused-ring (bicyclic) bond motifs is 1. The molecule has 3 aliphatic heterocycles. The maximum atomic E-state index is 12.7. The van der Waals surface area contributed by atoms with Crippen molar-refractivity contribution in [3.8, 4) is 11.5 Å². The summed E-state index contributed by atoms with van der Waals surface area (Å²) in [4.78, 5) is 14.4. The smallest absolute Gasteiger partial charge is 0.345 e. The predicted octanol–water partition coefficient (Wildman–Crippen LogP) is 0.901. The van der Waals surface area contributed by atoms with Crippen molar-refractivity contribution in [3.63, 3.8) is 0 Å². The van der Waals surface area contributed by atoms with E-state index in [-0.39, 0.29) is 24.1 Å². The highest BCUT2D eigenvalue weighted by Gasteiger charge is 2.33. The SMILES string of the molecule is CN1C(C(=O)N2CCCC2)=CC(c2ccc3c(c2)OCO3)=NS1(=O)=O. The van der Waals surface area contributed by atoms with Gasteiger partial charge in [0.1, 0.15) is 5.70 Å². The van der Waals surface area contributed by atoms with E-state index in [0.29, 0.717) is 30.2 Å². The number of nitrogens with zero attached hydrogens (tertiary/aromatic N) is 3. The molecule has 1 fully saturated rings. The van der Waals surface area contributed by atoms with Gasteiger partial charge in [0.05, 0.1) is 5.71 Å². The average Bonchev–Trinajstić information content (AvgIpc) is 3.27. The summed E-state index contributed by atoms with van der Waals surface area (Å²) < 4.78 is 40.1. The second-order valence-corrected chi connectivity index (χ2v) is 7.64. The van der Waals surface area contributed by atoms with Crippen LogP contribution >= 0.6 is 0 Å². The molecule has 0 unspecified atom stereocenters. The third-order valence-corrected chi connectivity index (χ3v) is 5.77. The minimum atomic E-state index is -3.96. The Labute approximate surface area is 145 Å². The Kier molecular flexibility index (Phi) is 3.68. The van der Waals surface area contributed by atoms with Crippen LogP contribution in [-0.2, 0) is 15.0 Å². The predicted molar refractivity (Wildman–Crippen MR) is 89.7 cm³/mol. The summed E-state index contributed by atoms with van der Waals surface area (Å²) in [6.45, 7) is 1.40. The topological polar surface area (TPSA) is 88.5 Å². The van der Waals surface area contributed by atoms with Gasteiger partial charge in [0, 0.05) is 25.7 Å². The third kappa shape index (κ3) is 2.74. The number of hydrogen-bond donors (Lipinski definition) is 0. The van der Waals surface area contributed by atoms with E-state index in [4.69, 9.17) is 9.47 Å². The van der Waals surface area contributed by atoms with E-state index in [1.165, 1.54) is 13.1 Å². The van der Waals surface area contributed by atoms with E-state index in [0.717, 1.165) is 17.1 Å². The third-order valence-electron chi connectivity index (χ3n) is 4.45. The van der Waals surface area contributed by atoms with Crippen LogP contribution in [0.25, 0.3) is 0 Å². The Hall–Kier alpha value is -2.55. The van der Waals surface area contributed by atoms with Crippen LogP contribution < -0.4 is 9.47 Å². The van der Waals surface area contributed by atoms with Crippen molar-refractivity contribution in [2.75, 3.05) is 26.9 Å². The van der Waals surface area contributed by atoms with Crippen LogP contribution in [0.2, 0.25) is 0 Å². The van der Waals surface area contributed by atoms with Crippen LogP contribution in [0, 0.1) is 0 Å². The first-order valence-electron chi connectivity index (χ1n) is 7.95. The fraction of sp³-hybridized carbons (Fsp3) is 0.375. The lowest BCUT2D eigenvalue weighted by Crippen LogP contribution is -2.39. The van der Waals surface area contributed by atoms with Gasteiger partial charge in [-0.15, -0.1) is 4.40 Å². The zero-order valence-electron chi connectivity index (χ0n) is 13.6. The van der Waals surface area contributed by atoms with Gasteiger partial charge >= 0.3 is 10.2 Å². The van der Waals surface area contributed by atoms with Crippen molar-refractivity contribution < 1.29 is 22.7 Å². The van der Waals surface area contributed by atoms with Gasteiger partial charge in [0.15, 0.2) is 11.5 Å². The molecule has 9 heteroatoms. The van der Waals surface area contributed by atoms with Crippen LogP contribution in [0.1, 0.15) is 18.4 Å². The van der Waals surface area contributed by atoms with E-state index < -0.39 is 10.2 Å². The van der Waals surface area contributed by atoms with Crippen molar-refractivity contribution in [2.24, 2.45) is 4.40 Å². The van der Waals surface area contributed by atoms with Gasteiger partial charge in [0.25, 0.3) is 5.91 Å². The Balaban J connectivity index is 1.74. The normalized spacial score (nSPS) is 21.2. The molecule has 0 N–H and O–H groups in total. The highest BCUT2D eigenvalue weighted by molar-refractivity contribution is 7.88. The molecule has 1 aromatic rings. The van der Waals surface area contributed by atoms with Crippen LogP contribution in [0.4, 0.5) is 0 Å². The van der Waals surface area contributed by atoms with Crippen LogP contribution in [0.5, 0.6) is 11.5 Å². The van der Waals surface area contributed by atoms with Gasteiger partial charge in [-0.05, 0) is 37.1 Å². The number of benzene rings is 1. The molecule has 1 saturated heterocycles. The van der Waals surface area contributed by atoms with Crippen molar-refractivity contribution in [2.45, 2.75) is 12.8 Å². The molecular formula is C16H17N3O5S. The summed E-state index contributed by atoms with van der Waals surface area (Å²) >= 11 is 0. The molecule has 0 spiro atoms. The van der Waals surface area contributed by atoms with E-state index in [9.17, 15) is 13.2 Å². The molecule has 3 heterocycles. The van der Waals surface area contributed by atoms with Gasteiger partial charge in [0.2, 0.25) is 6.79 Å². The van der Waals surface area contributed by atoms with Crippen LogP contribution in [-0.4, -0.2) is 56.2 Å². The molecular weight excluding hydrogens is 346 g/mol. The zero-order valence-corrected chi connectivity index (χ0v) is 14.5. The number of amides is 1. The van der Waals surface area contributed by atoms with E-state index in [1.54, 1.807) is 23.1 Å².